The molecule has 3 aromatic rings. The van der Waals surface area contributed by atoms with Crippen molar-refractivity contribution < 1.29 is 17.9 Å². The SMILES string of the molecule is CCCOc1ccc(C(=O)N2CCN(c3ccc(NS(=O)(=O)c4ccc(C)cc4)cc3Cl)CC2)cc1. The second-order valence-electron chi connectivity index (χ2n) is 8.74. The van der Waals surface area contributed by atoms with Crippen molar-refractivity contribution in [2.45, 2.75) is 25.2 Å². The molecule has 0 unspecified atom stereocenters. The molecule has 1 saturated heterocycles. The topological polar surface area (TPSA) is 79.0 Å². The first-order valence-electron chi connectivity index (χ1n) is 11.9. The Balaban J connectivity index is 1.36. The molecule has 0 bridgehead atoms. The van der Waals surface area contributed by atoms with Gasteiger partial charge in [0.1, 0.15) is 5.75 Å². The highest BCUT2D eigenvalue weighted by Crippen LogP contribution is 2.31. The third kappa shape index (κ3) is 6.12. The third-order valence-corrected chi connectivity index (χ3v) is 7.71. The average molecular weight is 528 g/mol. The van der Waals surface area contributed by atoms with Crippen molar-refractivity contribution in [3.63, 3.8) is 0 Å². The lowest BCUT2D eigenvalue weighted by Gasteiger charge is -2.36. The van der Waals surface area contributed by atoms with Crippen LogP contribution in [0.1, 0.15) is 29.3 Å². The van der Waals surface area contributed by atoms with Crippen molar-refractivity contribution in [3.8, 4) is 5.75 Å². The molecular weight excluding hydrogens is 498 g/mol. The molecule has 1 N–H and O–H groups in total. The minimum absolute atomic E-state index is 0.0105. The average Bonchev–Trinajstić information content (AvgIpc) is 2.88. The van der Waals surface area contributed by atoms with Crippen LogP contribution in [0.3, 0.4) is 0 Å². The van der Waals surface area contributed by atoms with Crippen LogP contribution in [0.4, 0.5) is 11.4 Å². The van der Waals surface area contributed by atoms with Crippen LogP contribution < -0.4 is 14.4 Å². The van der Waals surface area contributed by atoms with E-state index in [1.54, 1.807) is 48.5 Å². The van der Waals surface area contributed by atoms with Crippen molar-refractivity contribution in [1.82, 2.24) is 4.90 Å². The van der Waals surface area contributed by atoms with E-state index in [4.69, 9.17) is 16.3 Å². The number of ether oxygens (including phenoxy) is 1. The van der Waals surface area contributed by atoms with Crippen molar-refractivity contribution in [3.05, 3.63) is 82.9 Å². The van der Waals surface area contributed by atoms with Crippen LogP contribution in [0.2, 0.25) is 5.02 Å². The van der Waals surface area contributed by atoms with Crippen LogP contribution >= 0.6 is 11.6 Å². The molecule has 0 radical (unpaired) electrons. The number of sulfonamides is 1. The van der Waals surface area contributed by atoms with E-state index in [0.717, 1.165) is 23.4 Å². The number of piperazine rings is 1. The smallest absolute Gasteiger partial charge is 0.261 e. The van der Waals surface area contributed by atoms with Gasteiger partial charge in [0.2, 0.25) is 0 Å². The van der Waals surface area contributed by atoms with Crippen LogP contribution in [0, 0.1) is 6.92 Å². The summed E-state index contributed by atoms with van der Waals surface area (Å²) in [5.41, 5.74) is 2.82. The van der Waals surface area contributed by atoms with Crippen molar-refractivity contribution in [2.75, 3.05) is 42.4 Å². The Hall–Kier alpha value is -3.23. The van der Waals surface area contributed by atoms with E-state index in [1.165, 1.54) is 0 Å². The highest BCUT2D eigenvalue weighted by Gasteiger charge is 2.24. The van der Waals surface area contributed by atoms with Crippen LogP contribution in [-0.2, 0) is 10.0 Å². The molecule has 7 nitrogen and oxygen atoms in total. The summed E-state index contributed by atoms with van der Waals surface area (Å²) in [6.45, 7) is 6.97. The van der Waals surface area contributed by atoms with E-state index in [2.05, 4.69) is 9.62 Å². The number of halogens is 1. The summed E-state index contributed by atoms with van der Waals surface area (Å²) < 4.78 is 33.5. The Morgan fingerprint density at radius 3 is 2.25 bits per heavy atom. The number of anilines is 2. The highest BCUT2D eigenvalue weighted by atomic mass is 35.5. The van der Waals surface area contributed by atoms with Crippen molar-refractivity contribution in [2.24, 2.45) is 0 Å². The first kappa shape index (κ1) is 25.9. The summed E-state index contributed by atoms with van der Waals surface area (Å²) in [4.78, 5) is 17.0. The fourth-order valence-electron chi connectivity index (χ4n) is 4.01. The fraction of sp³-hybridized carbons (Fsp3) is 0.296. The maximum absolute atomic E-state index is 12.9. The van der Waals surface area contributed by atoms with Gasteiger partial charge in [-0.2, -0.15) is 0 Å². The molecule has 0 aromatic heterocycles. The van der Waals surface area contributed by atoms with Crippen LogP contribution in [0.5, 0.6) is 5.75 Å². The number of carbonyl (C=O) groups excluding carboxylic acids is 1. The Morgan fingerprint density at radius 2 is 1.64 bits per heavy atom. The van der Waals surface area contributed by atoms with Gasteiger partial charge in [0.25, 0.3) is 15.9 Å². The highest BCUT2D eigenvalue weighted by molar-refractivity contribution is 7.92. The first-order chi connectivity index (χ1) is 17.3. The minimum atomic E-state index is -3.71. The lowest BCUT2D eigenvalue weighted by atomic mass is 10.1. The molecule has 1 amide bonds. The quantitative estimate of drug-likeness (QED) is 0.435. The minimum Gasteiger partial charge on any atom is -0.494 e. The predicted molar refractivity (Wildman–Crippen MR) is 144 cm³/mol. The second kappa shape index (κ2) is 11.2. The van der Waals surface area contributed by atoms with Crippen LogP contribution in [0.25, 0.3) is 0 Å². The maximum atomic E-state index is 12.9. The molecule has 0 aliphatic carbocycles. The second-order valence-corrected chi connectivity index (χ2v) is 10.8. The van der Waals surface area contributed by atoms with Crippen LogP contribution in [0.15, 0.2) is 71.6 Å². The van der Waals surface area contributed by atoms with E-state index in [0.29, 0.717) is 49.1 Å². The monoisotopic (exact) mass is 527 g/mol. The maximum Gasteiger partial charge on any atom is 0.261 e. The normalized spacial score (nSPS) is 14.0. The third-order valence-electron chi connectivity index (χ3n) is 6.01. The molecule has 4 rings (SSSR count). The van der Waals surface area contributed by atoms with Crippen LogP contribution in [-0.4, -0.2) is 52.0 Å². The molecule has 190 valence electrons. The van der Waals surface area contributed by atoms with Gasteiger partial charge < -0.3 is 14.5 Å². The molecule has 0 atom stereocenters. The summed E-state index contributed by atoms with van der Waals surface area (Å²) in [5.74, 6) is 0.751. The number of nitrogens with zero attached hydrogens (tertiary/aromatic N) is 2. The largest absolute Gasteiger partial charge is 0.494 e. The molecule has 1 aliphatic heterocycles. The van der Waals surface area contributed by atoms with Gasteiger partial charge in [-0.3, -0.25) is 9.52 Å². The lowest BCUT2D eigenvalue weighted by Crippen LogP contribution is -2.48. The number of rotatable bonds is 8. The van der Waals surface area contributed by atoms with Gasteiger partial charge in [-0.05, 0) is 67.9 Å². The van der Waals surface area contributed by atoms with Gasteiger partial charge in [-0.1, -0.05) is 36.2 Å². The molecule has 0 saturated carbocycles. The molecule has 9 heteroatoms. The molecule has 36 heavy (non-hydrogen) atoms. The van der Waals surface area contributed by atoms with Gasteiger partial charge in [-0.25, -0.2) is 8.42 Å². The van der Waals surface area contributed by atoms with Gasteiger partial charge in [0.15, 0.2) is 0 Å². The molecule has 0 spiro atoms. The summed E-state index contributed by atoms with van der Waals surface area (Å²) >= 11 is 6.54. The summed E-state index contributed by atoms with van der Waals surface area (Å²) in [7, 11) is -3.71. The number of amides is 1. The van der Waals surface area contributed by atoms with E-state index in [9.17, 15) is 13.2 Å². The standard InChI is InChI=1S/C27H30ClN3O4S/c1-3-18-35-23-9-6-21(7-10-23)27(32)31-16-14-30(15-17-31)26-13-8-22(19-25(26)28)29-36(33,34)24-11-4-20(2)5-12-24/h4-13,19,29H,3,14-18H2,1-2H3. The summed E-state index contributed by atoms with van der Waals surface area (Å²) in [5, 5.41) is 0.446. The summed E-state index contributed by atoms with van der Waals surface area (Å²) in [6, 6.07) is 19.0. The van der Waals surface area contributed by atoms with E-state index in [-0.39, 0.29) is 10.8 Å². The molecule has 1 aliphatic rings. The first-order valence-corrected chi connectivity index (χ1v) is 13.8. The molecule has 3 aromatic carbocycles. The van der Waals surface area contributed by atoms with E-state index >= 15 is 0 Å². The number of aryl methyl sites for hydroxylation is 1. The van der Waals surface area contributed by atoms with Gasteiger partial charge in [0.05, 0.1) is 27.9 Å². The van der Waals surface area contributed by atoms with E-state index in [1.807, 2.05) is 36.9 Å². The zero-order chi connectivity index (χ0) is 25.7. The number of carbonyl (C=O) groups is 1. The van der Waals surface area contributed by atoms with Gasteiger partial charge in [-0.15, -0.1) is 0 Å². The lowest BCUT2D eigenvalue weighted by molar-refractivity contribution is 0.0746. The van der Waals surface area contributed by atoms with Gasteiger partial charge >= 0.3 is 0 Å². The number of nitrogens with one attached hydrogen (secondary N) is 1. The fourth-order valence-corrected chi connectivity index (χ4v) is 5.35. The number of hydrogen-bond donors (Lipinski definition) is 1. The van der Waals surface area contributed by atoms with Crippen molar-refractivity contribution >= 4 is 38.9 Å². The molecular formula is C27H30ClN3O4S. The Labute approximate surface area is 217 Å². The van der Waals surface area contributed by atoms with Crippen molar-refractivity contribution in [1.29, 1.82) is 0 Å². The van der Waals surface area contributed by atoms with Gasteiger partial charge in [0, 0.05) is 31.7 Å². The zero-order valence-electron chi connectivity index (χ0n) is 20.4. The van der Waals surface area contributed by atoms with E-state index < -0.39 is 10.0 Å². The Kier molecular flexibility index (Phi) is 8.06. The molecule has 1 heterocycles. The zero-order valence-corrected chi connectivity index (χ0v) is 22.0. The Morgan fingerprint density at radius 1 is 0.972 bits per heavy atom. The molecule has 1 fully saturated rings. The predicted octanol–water partition coefficient (Wildman–Crippen LogP) is 5.20. The number of benzene rings is 3. The summed E-state index contributed by atoms with van der Waals surface area (Å²) in [6.07, 6.45) is 0.931. The number of hydrogen-bond acceptors (Lipinski definition) is 5. The Bertz CT molecular complexity index is 1300.